The van der Waals surface area contributed by atoms with Gasteiger partial charge in [-0.15, -0.1) is 0 Å². The van der Waals surface area contributed by atoms with Gasteiger partial charge < -0.3 is 15.3 Å². The van der Waals surface area contributed by atoms with Crippen LogP contribution in [0.4, 0.5) is 0 Å². The molecule has 134 valence electrons. The number of aliphatic hydroxyl groups is 3. The Labute approximate surface area is 137 Å². The smallest absolute Gasteiger partial charge is 0.0667 e. The van der Waals surface area contributed by atoms with Gasteiger partial charge >= 0.3 is 0 Å². The molecule has 0 rings (SSSR count). The molecule has 0 saturated carbocycles. The minimum atomic E-state index is -0.341. The molecule has 0 aromatic carbocycles. The van der Waals surface area contributed by atoms with Gasteiger partial charge in [0.15, 0.2) is 0 Å². The lowest BCUT2D eigenvalue weighted by Crippen LogP contribution is -2.36. The lowest BCUT2D eigenvalue weighted by atomic mass is 10.0. The van der Waals surface area contributed by atoms with Crippen LogP contribution in [-0.4, -0.2) is 59.2 Å². The van der Waals surface area contributed by atoms with E-state index in [1.807, 2.05) is 4.90 Å². The quantitative estimate of drug-likeness (QED) is 0.361. The van der Waals surface area contributed by atoms with Crippen molar-refractivity contribution in [2.75, 3.05) is 32.8 Å². The molecular weight excluding hydrogens is 278 g/mol. The lowest BCUT2D eigenvalue weighted by Gasteiger charge is -2.23. The summed E-state index contributed by atoms with van der Waals surface area (Å²) in [5, 5.41) is 27.9. The van der Waals surface area contributed by atoms with Crippen LogP contribution in [0.15, 0.2) is 0 Å². The van der Waals surface area contributed by atoms with E-state index in [1.54, 1.807) is 0 Å². The van der Waals surface area contributed by atoms with Crippen molar-refractivity contribution in [1.82, 2.24) is 4.90 Å². The third kappa shape index (κ3) is 14.8. The predicted octanol–water partition coefficient (Wildman–Crippen LogP) is 2.94. The molecule has 0 heterocycles. The molecule has 4 heteroatoms. The summed E-state index contributed by atoms with van der Waals surface area (Å²) in [6, 6.07) is 0. The second-order valence-electron chi connectivity index (χ2n) is 6.37. The summed E-state index contributed by atoms with van der Waals surface area (Å²) in [7, 11) is 0. The summed E-state index contributed by atoms with van der Waals surface area (Å²) in [5.74, 6) is 0. The van der Waals surface area contributed by atoms with Gasteiger partial charge in [-0.1, -0.05) is 71.1 Å². The predicted molar refractivity (Wildman–Crippen MR) is 93.1 cm³/mol. The standard InChI is InChI=1S/C18H39NO3/c1-2-3-4-5-6-7-8-9-10-11-12-18(22)17-19(13-15-20)14-16-21/h18,20-22H,2-17H2,1H3. The van der Waals surface area contributed by atoms with E-state index in [4.69, 9.17) is 10.2 Å². The largest absolute Gasteiger partial charge is 0.395 e. The average molecular weight is 318 g/mol. The number of nitrogens with zero attached hydrogens (tertiary/aromatic N) is 1. The van der Waals surface area contributed by atoms with Crippen LogP contribution in [-0.2, 0) is 0 Å². The number of hydrogen-bond donors (Lipinski definition) is 3. The van der Waals surface area contributed by atoms with Crippen LogP contribution in [0.3, 0.4) is 0 Å². The number of unbranched alkanes of at least 4 members (excludes halogenated alkanes) is 9. The second kappa shape index (κ2) is 17.2. The molecule has 0 radical (unpaired) electrons. The Morgan fingerprint density at radius 1 is 0.727 bits per heavy atom. The normalized spacial score (nSPS) is 13.0. The zero-order valence-corrected chi connectivity index (χ0v) is 14.7. The third-order valence-corrected chi connectivity index (χ3v) is 4.19. The molecule has 3 N–H and O–H groups in total. The van der Waals surface area contributed by atoms with E-state index in [1.165, 1.54) is 57.8 Å². The first kappa shape index (κ1) is 21.8. The molecule has 0 aromatic heterocycles. The fourth-order valence-electron chi connectivity index (χ4n) is 2.83. The van der Waals surface area contributed by atoms with Gasteiger partial charge in [-0.25, -0.2) is 0 Å². The monoisotopic (exact) mass is 317 g/mol. The Hall–Kier alpha value is -0.160. The molecule has 0 aliphatic heterocycles. The van der Waals surface area contributed by atoms with Crippen LogP contribution >= 0.6 is 0 Å². The summed E-state index contributed by atoms with van der Waals surface area (Å²) >= 11 is 0. The maximum absolute atomic E-state index is 9.99. The zero-order valence-electron chi connectivity index (χ0n) is 14.7. The van der Waals surface area contributed by atoms with E-state index in [-0.39, 0.29) is 19.3 Å². The van der Waals surface area contributed by atoms with Gasteiger partial charge in [0.1, 0.15) is 0 Å². The average Bonchev–Trinajstić information content (AvgIpc) is 2.49. The molecule has 22 heavy (non-hydrogen) atoms. The minimum absolute atomic E-state index is 0.0744. The fourth-order valence-corrected chi connectivity index (χ4v) is 2.83. The van der Waals surface area contributed by atoms with Crippen LogP contribution in [0.2, 0.25) is 0 Å². The second-order valence-corrected chi connectivity index (χ2v) is 6.37. The molecule has 0 bridgehead atoms. The van der Waals surface area contributed by atoms with Crippen molar-refractivity contribution in [2.24, 2.45) is 0 Å². The molecule has 0 aromatic rings. The van der Waals surface area contributed by atoms with Crippen molar-refractivity contribution in [3.8, 4) is 0 Å². The first-order valence-corrected chi connectivity index (χ1v) is 9.36. The maximum atomic E-state index is 9.99. The van der Waals surface area contributed by atoms with Crippen molar-refractivity contribution in [1.29, 1.82) is 0 Å². The van der Waals surface area contributed by atoms with Crippen molar-refractivity contribution < 1.29 is 15.3 Å². The summed E-state index contributed by atoms with van der Waals surface area (Å²) < 4.78 is 0. The van der Waals surface area contributed by atoms with Crippen molar-refractivity contribution in [3.63, 3.8) is 0 Å². The van der Waals surface area contributed by atoms with E-state index in [2.05, 4.69) is 6.92 Å². The van der Waals surface area contributed by atoms with Gasteiger partial charge in [-0.05, 0) is 6.42 Å². The molecule has 4 nitrogen and oxygen atoms in total. The van der Waals surface area contributed by atoms with Crippen molar-refractivity contribution in [3.05, 3.63) is 0 Å². The Morgan fingerprint density at radius 2 is 1.18 bits per heavy atom. The lowest BCUT2D eigenvalue weighted by molar-refractivity contribution is 0.0809. The fraction of sp³-hybridized carbons (Fsp3) is 1.00. The molecule has 0 amide bonds. The first-order valence-electron chi connectivity index (χ1n) is 9.36. The van der Waals surface area contributed by atoms with Crippen LogP contribution in [0, 0.1) is 0 Å². The summed E-state index contributed by atoms with van der Waals surface area (Å²) in [6.45, 7) is 4.00. The minimum Gasteiger partial charge on any atom is -0.395 e. The highest BCUT2D eigenvalue weighted by atomic mass is 16.3. The maximum Gasteiger partial charge on any atom is 0.0667 e. The highest BCUT2D eigenvalue weighted by Gasteiger charge is 2.10. The van der Waals surface area contributed by atoms with Crippen molar-refractivity contribution in [2.45, 2.75) is 83.7 Å². The van der Waals surface area contributed by atoms with E-state index in [9.17, 15) is 5.11 Å². The molecule has 0 aliphatic carbocycles. The summed E-state index contributed by atoms with van der Waals surface area (Å²) in [4.78, 5) is 1.92. The van der Waals surface area contributed by atoms with Gasteiger partial charge in [0.05, 0.1) is 19.3 Å². The Kier molecular flexibility index (Phi) is 17.1. The van der Waals surface area contributed by atoms with E-state index < -0.39 is 0 Å². The van der Waals surface area contributed by atoms with Gasteiger partial charge in [0.25, 0.3) is 0 Å². The SMILES string of the molecule is CCCCCCCCCCCCC(O)CN(CCO)CCO. The molecule has 0 aliphatic rings. The van der Waals surface area contributed by atoms with Gasteiger partial charge in [-0.2, -0.15) is 0 Å². The molecule has 1 atom stereocenters. The van der Waals surface area contributed by atoms with Crippen molar-refractivity contribution >= 4 is 0 Å². The molecule has 0 spiro atoms. The Morgan fingerprint density at radius 3 is 1.64 bits per heavy atom. The summed E-state index contributed by atoms with van der Waals surface area (Å²) in [5.41, 5.74) is 0. The molecule has 1 unspecified atom stereocenters. The van der Waals surface area contributed by atoms with Gasteiger partial charge in [0, 0.05) is 19.6 Å². The van der Waals surface area contributed by atoms with E-state index >= 15 is 0 Å². The van der Waals surface area contributed by atoms with Crippen LogP contribution in [0.25, 0.3) is 0 Å². The first-order chi connectivity index (χ1) is 10.7. The Balaban J connectivity index is 3.38. The van der Waals surface area contributed by atoms with E-state index in [0.29, 0.717) is 19.6 Å². The van der Waals surface area contributed by atoms with E-state index in [0.717, 1.165) is 12.8 Å². The van der Waals surface area contributed by atoms with Crippen LogP contribution in [0.5, 0.6) is 0 Å². The third-order valence-electron chi connectivity index (χ3n) is 4.19. The number of rotatable bonds is 17. The molecule has 0 saturated heterocycles. The van der Waals surface area contributed by atoms with Gasteiger partial charge in [0.2, 0.25) is 0 Å². The van der Waals surface area contributed by atoms with Crippen LogP contribution < -0.4 is 0 Å². The highest BCUT2D eigenvalue weighted by molar-refractivity contribution is 4.64. The Bertz CT molecular complexity index is 209. The summed E-state index contributed by atoms with van der Waals surface area (Å²) in [6.07, 6.45) is 13.6. The molecular formula is C18H39NO3. The topological polar surface area (TPSA) is 63.9 Å². The number of hydrogen-bond acceptors (Lipinski definition) is 4. The highest BCUT2D eigenvalue weighted by Crippen LogP contribution is 2.12. The number of aliphatic hydroxyl groups excluding tert-OH is 3. The molecule has 0 fully saturated rings. The van der Waals surface area contributed by atoms with Crippen LogP contribution in [0.1, 0.15) is 77.6 Å². The van der Waals surface area contributed by atoms with Gasteiger partial charge in [-0.3, -0.25) is 4.90 Å². The zero-order chi connectivity index (χ0) is 16.5.